The van der Waals surface area contributed by atoms with Crippen molar-refractivity contribution >= 4 is 88.1 Å². The zero-order chi connectivity index (χ0) is 37.6. The van der Waals surface area contributed by atoms with Crippen LogP contribution < -0.4 is 61.0 Å². The Hall–Kier alpha value is -5.77. The summed E-state index contributed by atoms with van der Waals surface area (Å²) in [6.07, 6.45) is 7.12. The van der Waals surface area contributed by atoms with Crippen molar-refractivity contribution in [1.82, 2.24) is 45.5 Å². The predicted octanol–water partition coefficient (Wildman–Crippen LogP) is 0.315. The quantitative estimate of drug-likeness (QED) is 0.0531. The third-order valence-corrected chi connectivity index (χ3v) is 7.90. The number of nitrogens with two attached hydrogens (primary N) is 6. The van der Waals surface area contributed by atoms with Gasteiger partial charge >= 0.3 is 0 Å². The first-order chi connectivity index (χ1) is 24.9. The summed E-state index contributed by atoms with van der Waals surface area (Å²) in [5, 5.41) is 14.4. The van der Waals surface area contributed by atoms with E-state index >= 15 is 0 Å². The number of aliphatic imine (C=N–C) groups is 2. The van der Waals surface area contributed by atoms with Gasteiger partial charge in [-0.2, -0.15) is 15.0 Å². The van der Waals surface area contributed by atoms with Crippen molar-refractivity contribution in [3.63, 3.8) is 0 Å². The lowest BCUT2D eigenvalue weighted by Crippen LogP contribution is -2.38. The van der Waals surface area contributed by atoms with Crippen molar-refractivity contribution < 1.29 is 9.59 Å². The third kappa shape index (κ3) is 11.9. The Labute approximate surface area is 308 Å². The molecule has 0 aliphatic heterocycles. The van der Waals surface area contributed by atoms with Gasteiger partial charge in [-0.3, -0.25) is 30.2 Å². The fraction of sp³-hybridized carbons (Fsp3) is 0.464. The van der Waals surface area contributed by atoms with E-state index in [1.165, 1.54) is 0 Å². The van der Waals surface area contributed by atoms with Gasteiger partial charge in [0, 0.05) is 32.2 Å². The number of unbranched alkanes of at least 4 members (excludes halogenated alkanes) is 2. The van der Waals surface area contributed by atoms with E-state index in [1.807, 2.05) is 0 Å². The molecule has 1 saturated carbocycles. The molecule has 0 aromatic carbocycles. The van der Waals surface area contributed by atoms with Crippen LogP contribution in [-0.2, 0) is 0 Å². The highest BCUT2D eigenvalue weighted by Crippen LogP contribution is 2.22. The number of nitrogens with zero attached hydrogens (tertiary/aromatic N) is 9. The maximum atomic E-state index is 12.4. The van der Waals surface area contributed by atoms with Crippen LogP contribution in [0.3, 0.4) is 0 Å². The lowest BCUT2D eigenvalue weighted by Gasteiger charge is -2.14. The Morgan fingerprint density at radius 2 is 1.04 bits per heavy atom. The molecule has 1 aliphatic rings. The molecule has 0 atom stereocenters. The number of nitrogen functional groups attached to an aromatic ring is 4. The Morgan fingerprint density at radius 3 is 1.48 bits per heavy atom. The second kappa shape index (κ2) is 19.0. The summed E-state index contributed by atoms with van der Waals surface area (Å²) in [5.41, 5.74) is 33.7. The minimum atomic E-state index is -0.709. The van der Waals surface area contributed by atoms with E-state index in [-0.39, 0.29) is 56.9 Å². The molecule has 24 heteroatoms. The van der Waals surface area contributed by atoms with Gasteiger partial charge in [-0.1, -0.05) is 36.0 Å². The monoisotopic (exact) mass is 760 g/mol. The first-order valence-electron chi connectivity index (χ1n) is 16.3. The summed E-state index contributed by atoms with van der Waals surface area (Å²) >= 11 is 11.7. The van der Waals surface area contributed by atoms with Crippen LogP contribution in [0.15, 0.2) is 9.98 Å². The number of halogens is 2. The Kier molecular flexibility index (Phi) is 14.3. The molecule has 1 aliphatic carbocycles. The summed E-state index contributed by atoms with van der Waals surface area (Å²) in [6, 6.07) is 0.303. The highest BCUT2D eigenvalue weighted by molar-refractivity contribution is 6.32. The van der Waals surface area contributed by atoms with Gasteiger partial charge in [0.15, 0.2) is 56.9 Å². The average molecular weight is 762 g/mol. The Bertz CT molecular complexity index is 1670. The number of anilines is 7. The van der Waals surface area contributed by atoms with Gasteiger partial charge < -0.3 is 50.4 Å². The van der Waals surface area contributed by atoms with Crippen molar-refractivity contribution in [2.24, 2.45) is 21.5 Å². The van der Waals surface area contributed by atoms with Gasteiger partial charge in [0.1, 0.15) is 0 Å². The highest BCUT2D eigenvalue weighted by Gasteiger charge is 2.19. The molecule has 0 saturated heterocycles. The zero-order valence-corrected chi connectivity index (χ0v) is 29.6. The van der Waals surface area contributed by atoms with E-state index in [0.717, 1.165) is 25.7 Å². The number of carbonyl (C=O) groups is 2. The standard InChI is InChI=1S/C28H42Cl2N20O2/c29-16-20(33)44-18(31)14(42-16)22(51)46-24(35)37-9-3-5-11-39-26-48-27(50-28(49-26)41-13-7-1-2-8-13)40-12-6-4-10-38-25(36)47-23(52)15-19(32)45-21(34)17(30)43-15/h13H,1-12H2,(H4,31,33,44)(H4,32,34,45)(H3,35,37,46,51)(H3,36,38,47,52)(H3,39,40,41,48,49,50). The van der Waals surface area contributed by atoms with E-state index in [2.05, 4.69) is 71.5 Å². The van der Waals surface area contributed by atoms with E-state index in [4.69, 9.17) is 57.6 Å². The summed E-state index contributed by atoms with van der Waals surface area (Å²) in [6.45, 7) is 1.78. The minimum Gasteiger partial charge on any atom is -0.382 e. The second-order valence-electron chi connectivity index (χ2n) is 11.4. The lowest BCUT2D eigenvalue weighted by atomic mass is 10.2. The molecular formula is C28H42Cl2N20O2. The first-order valence-corrected chi connectivity index (χ1v) is 17.0. The topological polar surface area (TPSA) is 365 Å². The van der Waals surface area contributed by atoms with Gasteiger partial charge in [0.2, 0.25) is 17.8 Å². The SMILES string of the molecule is NC(=NCCCCNc1nc(NCCCCN=C(N)NC(=O)c2nc(Cl)c(N)nc2N)nc(NC2CCCC2)n1)NC(=O)c1nc(Cl)c(N)nc1N. The van der Waals surface area contributed by atoms with Crippen LogP contribution in [0.1, 0.15) is 72.3 Å². The van der Waals surface area contributed by atoms with Gasteiger partial charge in [-0.15, -0.1) is 0 Å². The van der Waals surface area contributed by atoms with Crippen molar-refractivity contribution in [3.8, 4) is 0 Å². The van der Waals surface area contributed by atoms with E-state index in [1.54, 1.807) is 0 Å². The maximum Gasteiger partial charge on any atom is 0.280 e. The Morgan fingerprint density at radius 1 is 0.615 bits per heavy atom. The van der Waals surface area contributed by atoms with Crippen molar-refractivity contribution in [3.05, 3.63) is 21.7 Å². The van der Waals surface area contributed by atoms with Crippen LogP contribution in [0.4, 0.5) is 41.1 Å². The molecule has 3 aromatic rings. The molecule has 0 spiro atoms. The average Bonchev–Trinajstić information content (AvgIpc) is 3.60. The van der Waals surface area contributed by atoms with E-state index in [0.29, 0.717) is 75.7 Å². The number of carbonyl (C=O) groups excluding carboxylic acids is 2. The normalized spacial score (nSPS) is 13.5. The van der Waals surface area contributed by atoms with E-state index in [9.17, 15) is 9.59 Å². The fourth-order valence-corrected chi connectivity index (χ4v) is 5.03. The second-order valence-corrected chi connectivity index (χ2v) is 12.1. The van der Waals surface area contributed by atoms with E-state index < -0.39 is 11.8 Å². The van der Waals surface area contributed by atoms with Crippen LogP contribution >= 0.6 is 23.2 Å². The Balaban J connectivity index is 1.21. The molecule has 0 unspecified atom stereocenters. The number of rotatable bonds is 16. The van der Waals surface area contributed by atoms with Crippen LogP contribution in [0.2, 0.25) is 10.3 Å². The molecular weight excluding hydrogens is 719 g/mol. The molecule has 0 bridgehead atoms. The number of nitrogens with one attached hydrogen (secondary N) is 5. The van der Waals surface area contributed by atoms with Gasteiger partial charge in [0.05, 0.1) is 0 Å². The summed E-state index contributed by atoms with van der Waals surface area (Å²) in [7, 11) is 0. The van der Waals surface area contributed by atoms with Crippen molar-refractivity contribution in [1.29, 1.82) is 0 Å². The molecule has 17 N–H and O–H groups in total. The molecule has 4 rings (SSSR count). The van der Waals surface area contributed by atoms with Crippen LogP contribution in [-0.4, -0.2) is 90.8 Å². The third-order valence-electron chi connectivity index (χ3n) is 7.35. The largest absolute Gasteiger partial charge is 0.382 e. The smallest absolute Gasteiger partial charge is 0.280 e. The van der Waals surface area contributed by atoms with Crippen LogP contribution in [0.25, 0.3) is 0 Å². The van der Waals surface area contributed by atoms with Gasteiger partial charge in [0.25, 0.3) is 11.8 Å². The maximum absolute atomic E-state index is 12.4. The summed E-state index contributed by atoms with van der Waals surface area (Å²) in [4.78, 5) is 61.9. The number of hydrogen-bond acceptors (Lipinski definition) is 18. The van der Waals surface area contributed by atoms with Crippen molar-refractivity contribution in [2.45, 2.75) is 57.4 Å². The lowest BCUT2D eigenvalue weighted by molar-refractivity contribution is 0.0964. The number of aromatic nitrogens is 7. The molecule has 2 amide bonds. The number of hydrogen-bond donors (Lipinski definition) is 11. The molecule has 22 nitrogen and oxygen atoms in total. The predicted molar refractivity (Wildman–Crippen MR) is 201 cm³/mol. The molecule has 0 radical (unpaired) electrons. The van der Waals surface area contributed by atoms with Crippen LogP contribution in [0, 0.1) is 0 Å². The molecule has 1 fully saturated rings. The van der Waals surface area contributed by atoms with Gasteiger partial charge in [-0.25, -0.2) is 19.9 Å². The summed E-state index contributed by atoms with van der Waals surface area (Å²) < 4.78 is 0. The van der Waals surface area contributed by atoms with Crippen LogP contribution in [0.5, 0.6) is 0 Å². The number of guanidine groups is 2. The minimum absolute atomic E-state index is 0.0887. The molecule has 52 heavy (non-hydrogen) atoms. The molecule has 3 heterocycles. The molecule has 3 aromatic heterocycles. The summed E-state index contributed by atoms with van der Waals surface area (Å²) in [5.74, 6) is -0.867. The first kappa shape index (κ1) is 39.0. The molecule has 280 valence electrons. The van der Waals surface area contributed by atoms with Crippen molar-refractivity contribution in [2.75, 3.05) is 65.1 Å². The highest BCUT2D eigenvalue weighted by atomic mass is 35.5. The zero-order valence-electron chi connectivity index (χ0n) is 28.1. The fourth-order valence-electron chi connectivity index (χ4n) is 4.77. The number of amides is 2. The van der Waals surface area contributed by atoms with Gasteiger partial charge in [-0.05, 0) is 38.5 Å².